The predicted molar refractivity (Wildman–Crippen MR) is 84.9 cm³/mol. The molecule has 1 N–H and O–H groups in total. The standard InChI is InChI=1S/C17H19NO3S/c19-12-6-9-18(17(11-12)7-2-8-17)16(20)14-5-4-13(21-14)15-3-1-10-22-15/h1,3-5,10,12,19H,2,6-9,11H2. The van der Waals surface area contributed by atoms with Crippen LogP contribution < -0.4 is 0 Å². The molecular formula is C17H19NO3S. The zero-order chi connectivity index (χ0) is 15.2. The molecule has 1 amide bonds. The average molecular weight is 317 g/mol. The number of piperidine rings is 1. The minimum absolute atomic E-state index is 0.0330. The molecule has 2 aromatic heterocycles. The molecule has 1 aliphatic carbocycles. The highest BCUT2D eigenvalue weighted by Crippen LogP contribution is 2.45. The Hall–Kier alpha value is -1.59. The van der Waals surface area contributed by atoms with Crippen LogP contribution in [-0.2, 0) is 0 Å². The molecule has 0 aromatic carbocycles. The first-order chi connectivity index (χ1) is 10.7. The Kier molecular flexibility index (Phi) is 3.35. The van der Waals surface area contributed by atoms with Gasteiger partial charge in [0, 0.05) is 12.1 Å². The highest BCUT2D eigenvalue weighted by Gasteiger charge is 2.49. The van der Waals surface area contributed by atoms with E-state index in [4.69, 9.17) is 4.42 Å². The van der Waals surface area contributed by atoms with Crippen LogP contribution >= 0.6 is 11.3 Å². The molecule has 4 rings (SSSR count). The summed E-state index contributed by atoms with van der Waals surface area (Å²) < 4.78 is 5.79. The van der Waals surface area contributed by atoms with Crippen molar-refractivity contribution in [1.82, 2.24) is 4.90 Å². The van der Waals surface area contributed by atoms with Gasteiger partial charge in [0.05, 0.1) is 11.0 Å². The van der Waals surface area contributed by atoms with Gasteiger partial charge in [-0.3, -0.25) is 4.79 Å². The molecule has 1 aliphatic heterocycles. The molecule has 22 heavy (non-hydrogen) atoms. The second kappa shape index (κ2) is 5.25. The fourth-order valence-corrected chi connectivity index (χ4v) is 4.37. The van der Waals surface area contributed by atoms with Gasteiger partial charge in [-0.2, -0.15) is 0 Å². The van der Waals surface area contributed by atoms with Crippen LogP contribution in [0, 0.1) is 0 Å². The van der Waals surface area contributed by atoms with E-state index >= 15 is 0 Å². The number of aliphatic hydroxyl groups is 1. The second-order valence-electron chi connectivity index (χ2n) is 6.32. The number of rotatable bonds is 2. The Morgan fingerprint density at radius 1 is 1.36 bits per heavy atom. The van der Waals surface area contributed by atoms with Crippen molar-refractivity contribution in [3.05, 3.63) is 35.4 Å². The molecule has 5 heteroatoms. The van der Waals surface area contributed by atoms with E-state index in [1.807, 2.05) is 28.5 Å². The maximum atomic E-state index is 12.9. The minimum atomic E-state index is -0.275. The van der Waals surface area contributed by atoms with E-state index in [-0.39, 0.29) is 17.6 Å². The van der Waals surface area contributed by atoms with Crippen molar-refractivity contribution in [3.63, 3.8) is 0 Å². The number of furan rings is 1. The van der Waals surface area contributed by atoms with Crippen LogP contribution in [0.25, 0.3) is 10.6 Å². The first-order valence-corrected chi connectivity index (χ1v) is 8.70. The average Bonchev–Trinajstić information content (AvgIpc) is 3.15. The van der Waals surface area contributed by atoms with E-state index in [0.717, 1.165) is 29.9 Å². The lowest BCUT2D eigenvalue weighted by Crippen LogP contribution is -2.61. The number of likely N-dealkylation sites (tertiary alicyclic amines) is 1. The lowest BCUT2D eigenvalue weighted by molar-refractivity contribution is -0.0496. The molecule has 1 spiro atoms. The monoisotopic (exact) mass is 317 g/mol. The third kappa shape index (κ3) is 2.20. The van der Waals surface area contributed by atoms with E-state index in [1.165, 1.54) is 0 Å². The first kappa shape index (κ1) is 14.0. The van der Waals surface area contributed by atoms with Gasteiger partial charge >= 0.3 is 0 Å². The number of hydrogen-bond donors (Lipinski definition) is 1. The van der Waals surface area contributed by atoms with Gasteiger partial charge in [0.2, 0.25) is 0 Å². The van der Waals surface area contributed by atoms with Crippen molar-refractivity contribution in [3.8, 4) is 10.6 Å². The number of nitrogens with zero attached hydrogens (tertiary/aromatic N) is 1. The molecule has 0 bridgehead atoms. The molecule has 3 heterocycles. The summed E-state index contributed by atoms with van der Waals surface area (Å²) in [6, 6.07) is 7.60. The summed E-state index contributed by atoms with van der Waals surface area (Å²) in [7, 11) is 0. The van der Waals surface area contributed by atoms with Crippen LogP contribution in [-0.4, -0.2) is 34.1 Å². The normalized spacial score (nSPS) is 23.5. The molecule has 0 radical (unpaired) electrons. The summed E-state index contributed by atoms with van der Waals surface area (Å²) in [6.07, 6.45) is 4.21. The topological polar surface area (TPSA) is 53.7 Å². The number of aliphatic hydroxyl groups excluding tert-OH is 1. The van der Waals surface area contributed by atoms with E-state index in [2.05, 4.69) is 0 Å². The fraction of sp³-hybridized carbons (Fsp3) is 0.471. The van der Waals surface area contributed by atoms with E-state index in [9.17, 15) is 9.90 Å². The Balaban J connectivity index is 1.59. The molecule has 2 aliphatic rings. The van der Waals surface area contributed by atoms with E-state index < -0.39 is 0 Å². The minimum Gasteiger partial charge on any atom is -0.450 e. The summed E-state index contributed by atoms with van der Waals surface area (Å²) in [6.45, 7) is 0.620. The highest BCUT2D eigenvalue weighted by molar-refractivity contribution is 7.13. The van der Waals surface area contributed by atoms with Gasteiger partial charge in [-0.05, 0) is 55.7 Å². The molecule has 1 saturated carbocycles. The van der Waals surface area contributed by atoms with Crippen molar-refractivity contribution in [2.45, 2.75) is 43.7 Å². The lowest BCUT2D eigenvalue weighted by atomic mass is 9.69. The van der Waals surface area contributed by atoms with E-state index in [1.54, 1.807) is 17.4 Å². The largest absolute Gasteiger partial charge is 0.450 e. The number of carbonyl (C=O) groups is 1. The SMILES string of the molecule is O=C(c1ccc(-c2cccs2)o1)N1CCC(O)CC12CCC2. The van der Waals surface area contributed by atoms with Crippen LogP contribution in [0.5, 0.6) is 0 Å². The lowest BCUT2D eigenvalue weighted by Gasteiger charge is -2.54. The predicted octanol–water partition coefficient (Wildman–Crippen LogP) is 3.53. The number of hydrogen-bond acceptors (Lipinski definition) is 4. The highest BCUT2D eigenvalue weighted by atomic mass is 32.1. The molecule has 1 atom stereocenters. The fourth-order valence-electron chi connectivity index (χ4n) is 3.68. The smallest absolute Gasteiger partial charge is 0.290 e. The third-order valence-electron chi connectivity index (χ3n) is 4.98. The molecule has 4 nitrogen and oxygen atoms in total. The Morgan fingerprint density at radius 3 is 2.91 bits per heavy atom. The van der Waals surface area contributed by atoms with Crippen LogP contribution in [0.1, 0.15) is 42.7 Å². The van der Waals surface area contributed by atoms with Crippen molar-refractivity contribution >= 4 is 17.2 Å². The van der Waals surface area contributed by atoms with Crippen molar-refractivity contribution in [1.29, 1.82) is 0 Å². The van der Waals surface area contributed by atoms with Gasteiger partial charge in [0.15, 0.2) is 5.76 Å². The number of carbonyl (C=O) groups excluding carboxylic acids is 1. The third-order valence-corrected chi connectivity index (χ3v) is 5.87. The number of amides is 1. The van der Waals surface area contributed by atoms with Crippen LogP contribution in [0.15, 0.2) is 34.1 Å². The van der Waals surface area contributed by atoms with Gasteiger partial charge in [0.25, 0.3) is 5.91 Å². The van der Waals surface area contributed by atoms with Crippen LogP contribution in [0.4, 0.5) is 0 Å². The summed E-state index contributed by atoms with van der Waals surface area (Å²) in [4.78, 5) is 15.8. The Morgan fingerprint density at radius 2 is 2.23 bits per heavy atom. The first-order valence-electron chi connectivity index (χ1n) is 7.82. The maximum Gasteiger partial charge on any atom is 0.290 e. The molecule has 1 saturated heterocycles. The van der Waals surface area contributed by atoms with Crippen molar-refractivity contribution in [2.24, 2.45) is 0 Å². The number of thiophene rings is 1. The van der Waals surface area contributed by atoms with Gasteiger partial charge in [-0.1, -0.05) is 6.07 Å². The quantitative estimate of drug-likeness (QED) is 0.922. The van der Waals surface area contributed by atoms with Gasteiger partial charge in [0.1, 0.15) is 5.76 Å². The molecule has 116 valence electrons. The zero-order valence-electron chi connectivity index (χ0n) is 12.3. The van der Waals surface area contributed by atoms with Gasteiger partial charge in [-0.15, -0.1) is 11.3 Å². The van der Waals surface area contributed by atoms with Crippen LogP contribution in [0.2, 0.25) is 0 Å². The van der Waals surface area contributed by atoms with Crippen molar-refractivity contribution in [2.75, 3.05) is 6.54 Å². The van der Waals surface area contributed by atoms with Gasteiger partial charge < -0.3 is 14.4 Å². The maximum absolute atomic E-state index is 12.9. The summed E-state index contributed by atoms with van der Waals surface area (Å²) in [5.41, 5.74) is -0.134. The molecular weight excluding hydrogens is 298 g/mol. The molecule has 1 unspecified atom stereocenters. The molecule has 2 fully saturated rings. The zero-order valence-corrected chi connectivity index (χ0v) is 13.1. The Labute approximate surface area is 133 Å². The summed E-state index contributed by atoms with van der Waals surface area (Å²) in [5.74, 6) is 1.12. The van der Waals surface area contributed by atoms with Crippen molar-refractivity contribution < 1.29 is 14.3 Å². The summed E-state index contributed by atoms with van der Waals surface area (Å²) in [5, 5.41) is 11.9. The van der Waals surface area contributed by atoms with E-state index in [0.29, 0.717) is 25.1 Å². The second-order valence-corrected chi connectivity index (χ2v) is 7.27. The van der Waals surface area contributed by atoms with Crippen LogP contribution in [0.3, 0.4) is 0 Å². The van der Waals surface area contributed by atoms with Gasteiger partial charge in [-0.25, -0.2) is 0 Å². The molecule has 2 aromatic rings. The summed E-state index contributed by atoms with van der Waals surface area (Å²) >= 11 is 1.60. The Bertz CT molecular complexity index is 672.